The zero-order valence-electron chi connectivity index (χ0n) is 14.4. The number of aryl methyl sites for hydroxylation is 2. The third-order valence-corrected chi connectivity index (χ3v) is 4.11. The van der Waals surface area contributed by atoms with Crippen molar-refractivity contribution < 1.29 is 27.8 Å². The zero-order valence-corrected chi connectivity index (χ0v) is 14.4. The van der Waals surface area contributed by atoms with Crippen LogP contribution >= 0.6 is 0 Å². The lowest BCUT2D eigenvalue weighted by atomic mass is 10.0. The molecule has 1 aliphatic rings. The summed E-state index contributed by atoms with van der Waals surface area (Å²) in [6.45, 7) is 4.89. The second-order valence-corrected chi connectivity index (χ2v) is 6.15. The van der Waals surface area contributed by atoms with Gasteiger partial charge in [-0.15, -0.1) is 0 Å². The van der Waals surface area contributed by atoms with Crippen LogP contribution in [0.15, 0.2) is 23.3 Å². The fourth-order valence-corrected chi connectivity index (χ4v) is 2.54. The predicted octanol–water partition coefficient (Wildman–Crippen LogP) is 3.32. The molecule has 0 aliphatic carbocycles. The Bertz CT molecular complexity index is 688. The SMILES string of the molecule is CCCC1=NN(C(=O)COc2ccc(C)c(C)c2)[C@@](O)(C(F)(F)F)C1. The Morgan fingerprint density at radius 2 is 2.04 bits per heavy atom. The molecule has 0 saturated heterocycles. The van der Waals surface area contributed by atoms with E-state index in [1.54, 1.807) is 25.1 Å². The van der Waals surface area contributed by atoms with Gasteiger partial charge in [0.15, 0.2) is 6.61 Å². The van der Waals surface area contributed by atoms with Gasteiger partial charge in [0.1, 0.15) is 5.75 Å². The van der Waals surface area contributed by atoms with Gasteiger partial charge in [-0.05, 0) is 43.5 Å². The molecule has 8 heteroatoms. The van der Waals surface area contributed by atoms with Crippen LogP contribution in [0.25, 0.3) is 0 Å². The highest BCUT2D eigenvalue weighted by atomic mass is 19.4. The van der Waals surface area contributed by atoms with E-state index in [0.717, 1.165) is 11.1 Å². The smallest absolute Gasteiger partial charge is 0.438 e. The zero-order chi connectivity index (χ0) is 18.8. The van der Waals surface area contributed by atoms with Crippen LogP contribution in [0.5, 0.6) is 5.75 Å². The van der Waals surface area contributed by atoms with Crippen molar-refractivity contribution in [3.8, 4) is 5.75 Å². The Balaban J connectivity index is 2.15. The van der Waals surface area contributed by atoms with Gasteiger partial charge in [0.05, 0.1) is 0 Å². The molecule has 2 rings (SSSR count). The number of carbonyl (C=O) groups is 1. The summed E-state index contributed by atoms with van der Waals surface area (Å²) in [7, 11) is 0. The fraction of sp³-hybridized carbons (Fsp3) is 0.529. The summed E-state index contributed by atoms with van der Waals surface area (Å²) < 4.78 is 45.1. The van der Waals surface area contributed by atoms with E-state index in [9.17, 15) is 23.1 Å². The maximum atomic E-state index is 13.3. The Hall–Kier alpha value is -2.09. The van der Waals surface area contributed by atoms with Gasteiger partial charge in [0, 0.05) is 12.1 Å². The summed E-state index contributed by atoms with van der Waals surface area (Å²) in [6, 6.07) is 5.10. The Kier molecular flexibility index (Phi) is 5.41. The highest BCUT2D eigenvalue weighted by molar-refractivity contribution is 5.91. The van der Waals surface area contributed by atoms with Gasteiger partial charge in [-0.3, -0.25) is 4.79 Å². The van der Waals surface area contributed by atoms with Crippen molar-refractivity contribution in [2.75, 3.05) is 6.61 Å². The molecule has 1 N–H and O–H groups in total. The first-order valence-electron chi connectivity index (χ1n) is 7.97. The minimum atomic E-state index is -5.01. The molecule has 1 aromatic carbocycles. The van der Waals surface area contributed by atoms with Gasteiger partial charge in [0.2, 0.25) is 0 Å². The molecule has 0 bridgehead atoms. The molecule has 0 unspecified atom stereocenters. The summed E-state index contributed by atoms with van der Waals surface area (Å²) in [6.07, 6.45) is -4.91. The Morgan fingerprint density at radius 1 is 1.36 bits per heavy atom. The van der Waals surface area contributed by atoms with E-state index < -0.39 is 30.8 Å². The maximum absolute atomic E-state index is 13.3. The number of nitrogens with zero attached hydrogens (tertiary/aromatic N) is 2. The lowest BCUT2D eigenvalue weighted by Crippen LogP contribution is -2.57. The first kappa shape index (κ1) is 19.2. The number of amides is 1. The van der Waals surface area contributed by atoms with Crippen molar-refractivity contribution in [3.63, 3.8) is 0 Å². The summed E-state index contributed by atoms with van der Waals surface area (Å²) in [5, 5.41) is 13.8. The molecule has 5 nitrogen and oxygen atoms in total. The number of hydrogen-bond donors (Lipinski definition) is 1. The van der Waals surface area contributed by atoms with Crippen LogP contribution < -0.4 is 4.74 Å². The predicted molar refractivity (Wildman–Crippen MR) is 86.2 cm³/mol. The number of benzene rings is 1. The normalized spacial score (nSPS) is 20.6. The molecule has 0 radical (unpaired) electrons. The molecule has 1 aliphatic heterocycles. The average Bonchev–Trinajstić information content (AvgIpc) is 2.86. The molecule has 1 amide bonds. The second-order valence-electron chi connectivity index (χ2n) is 6.15. The highest BCUT2D eigenvalue weighted by Gasteiger charge is 2.63. The first-order valence-corrected chi connectivity index (χ1v) is 7.97. The van der Waals surface area contributed by atoms with E-state index in [-0.39, 0.29) is 17.1 Å². The molecule has 0 saturated carbocycles. The molecule has 25 heavy (non-hydrogen) atoms. The summed E-state index contributed by atoms with van der Waals surface area (Å²) >= 11 is 0. The van der Waals surface area contributed by atoms with Gasteiger partial charge in [-0.25, -0.2) is 0 Å². The lowest BCUT2D eigenvalue weighted by molar-refractivity contribution is -0.302. The average molecular weight is 358 g/mol. The molecule has 1 atom stereocenters. The number of alkyl halides is 3. The maximum Gasteiger partial charge on any atom is 0.438 e. The van der Waals surface area contributed by atoms with E-state index in [4.69, 9.17) is 4.74 Å². The van der Waals surface area contributed by atoms with Gasteiger partial charge in [0.25, 0.3) is 11.6 Å². The van der Waals surface area contributed by atoms with E-state index in [0.29, 0.717) is 12.2 Å². The van der Waals surface area contributed by atoms with Gasteiger partial charge < -0.3 is 9.84 Å². The van der Waals surface area contributed by atoms with Crippen LogP contribution in [-0.4, -0.2) is 40.2 Å². The molecule has 0 spiro atoms. The van der Waals surface area contributed by atoms with E-state index in [1.807, 2.05) is 13.8 Å². The van der Waals surface area contributed by atoms with Gasteiger partial charge in [-0.1, -0.05) is 19.4 Å². The molecule has 138 valence electrons. The van der Waals surface area contributed by atoms with E-state index in [2.05, 4.69) is 5.10 Å². The minimum absolute atomic E-state index is 0.110. The van der Waals surface area contributed by atoms with E-state index in [1.165, 1.54) is 0 Å². The van der Waals surface area contributed by atoms with Crippen molar-refractivity contribution in [1.82, 2.24) is 5.01 Å². The molecular weight excluding hydrogens is 337 g/mol. The van der Waals surface area contributed by atoms with Gasteiger partial charge in [-0.2, -0.15) is 23.3 Å². The highest BCUT2D eigenvalue weighted by Crippen LogP contribution is 2.40. The van der Waals surface area contributed by atoms with Crippen LogP contribution in [0.4, 0.5) is 13.2 Å². The topological polar surface area (TPSA) is 62.1 Å². The molecule has 0 aromatic heterocycles. The van der Waals surface area contributed by atoms with Crippen molar-refractivity contribution in [2.24, 2.45) is 5.10 Å². The quantitative estimate of drug-likeness (QED) is 0.878. The van der Waals surface area contributed by atoms with Crippen molar-refractivity contribution in [2.45, 2.75) is 51.9 Å². The molecule has 1 aromatic rings. The largest absolute Gasteiger partial charge is 0.484 e. The molecule has 1 heterocycles. The lowest BCUT2D eigenvalue weighted by Gasteiger charge is -2.32. The van der Waals surface area contributed by atoms with Crippen molar-refractivity contribution >= 4 is 11.6 Å². The number of rotatable bonds is 5. The molecular formula is C17H21F3N2O3. The summed E-state index contributed by atoms with van der Waals surface area (Å²) in [5.41, 5.74) is -1.22. The first-order chi connectivity index (χ1) is 11.6. The number of hydrogen-bond acceptors (Lipinski definition) is 4. The van der Waals surface area contributed by atoms with Gasteiger partial charge >= 0.3 is 6.18 Å². The van der Waals surface area contributed by atoms with Crippen molar-refractivity contribution in [1.29, 1.82) is 0 Å². The second kappa shape index (κ2) is 7.03. The van der Waals surface area contributed by atoms with Crippen LogP contribution in [0, 0.1) is 13.8 Å². The summed E-state index contributed by atoms with van der Waals surface area (Å²) in [4.78, 5) is 12.2. The molecule has 0 fully saturated rings. The standard InChI is InChI=1S/C17H21F3N2O3/c1-4-5-13-9-16(24,17(18,19)20)22(21-13)15(23)10-25-14-7-6-11(2)12(3)8-14/h6-8,24H,4-5,9-10H2,1-3H3/t16-/m0/s1. The Labute approximate surface area is 144 Å². The number of halogens is 3. The Morgan fingerprint density at radius 3 is 2.60 bits per heavy atom. The number of aliphatic hydroxyl groups is 1. The number of hydrazone groups is 1. The number of carbonyl (C=O) groups excluding carboxylic acids is 1. The van der Waals surface area contributed by atoms with Crippen LogP contribution in [0.2, 0.25) is 0 Å². The fourth-order valence-electron chi connectivity index (χ4n) is 2.54. The van der Waals surface area contributed by atoms with Crippen LogP contribution in [0.3, 0.4) is 0 Å². The van der Waals surface area contributed by atoms with Crippen molar-refractivity contribution in [3.05, 3.63) is 29.3 Å². The number of ether oxygens (including phenoxy) is 1. The third-order valence-electron chi connectivity index (χ3n) is 4.11. The monoisotopic (exact) mass is 358 g/mol. The van der Waals surface area contributed by atoms with E-state index >= 15 is 0 Å². The van der Waals surface area contributed by atoms with Crippen LogP contribution in [0.1, 0.15) is 37.3 Å². The minimum Gasteiger partial charge on any atom is -0.484 e. The van der Waals surface area contributed by atoms with Crippen LogP contribution in [-0.2, 0) is 4.79 Å². The third kappa shape index (κ3) is 3.95. The summed E-state index contributed by atoms with van der Waals surface area (Å²) in [5.74, 6) is -0.687.